The highest BCUT2D eigenvalue weighted by atomic mass is 79.9. The van der Waals surface area contributed by atoms with Gasteiger partial charge < -0.3 is 9.47 Å². The van der Waals surface area contributed by atoms with Crippen molar-refractivity contribution < 1.29 is 14.3 Å². The van der Waals surface area contributed by atoms with Gasteiger partial charge in [-0.05, 0) is 53.2 Å². The summed E-state index contributed by atoms with van der Waals surface area (Å²) in [5.41, 5.74) is 1.15. The summed E-state index contributed by atoms with van der Waals surface area (Å²) in [6.45, 7) is 2.67. The van der Waals surface area contributed by atoms with E-state index in [-0.39, 0.29) is 5.78 Å². The SMILES string of the molecule is CCn1cc(Br)c(C(=O)C=Cc2cc(OC)ccc2OC)n1. The topological polar surface area (TPSA) is 53.4 Å². The van der Waals surface area contributed by atoms with Gasteiger partial charge in [-0.3, -0.25) is 9.48 Å². The van der Waals surface area contributed by atoms with Gasteiger partial charge in [-0.2, -0.15) is 5.10 Å². The van der Waals surface area contributed by atoms with Crippen LogP contribution in [0.15, 0.2) is 34.9 Å². The Labute approximate surface area is 137 Å². The number of carbonyl (C=O) groups is 1. The molecule has 0 amide bonds. The molecule has 0 spiro atoms. The van der Waals surface area contributed by atoms with Crippen molar-refractivity contribution in [1.82, 2.24) is 9.78 Å². The Hall–Kier alpha value is -2.08. The molecule has 0 atom stereocenters. The Morgan fingerprint density at radius 2 is 2.14 bits per heavy atom. The van der Waals surface area contributed by atoms with Crippen LogP contribution in [0.5, 0.6) is 11.5 Å². The van der Waals surface area contributed by atoms with Crippen molar-refractivity contribution in [3.63, 3.8) is 0 Å². The number of nitrogens with zero attached hydrogens (tertiary/aromatic N) is 2. The molecular weight excluding hydrogens is 348 g/mol. The minimum absolute atomic E-state index is 0.177. The molecule has 0 N–H and O–H groups in total. The number of hydrogen-bond donors (Lipinski definition) is 0. The van der Waals surface area contributed by atoms with Gasteiger partial charge >= 0.3 is 0 Å². The molecule has 1 aromatic carbocycles. The fraction of sp³-hybridized carbons (Fsp3) is 0.250. The van der Waals surface area contributed by atoms with Crippen LogP contribution in [0.1, 0.15) is 23.0 Å². The standard InChI is InChI=1S/C16H17BrN2O3/c1-4-19-10-13(17)16(18-19)14(20)7-5-11-9-12(21-2)6-8-15(11)22-3/h5-10H,4H2,1-3H3. The lowest BCUT2D eigenvalue weighted by Crippen LogP contribution is -2.00. The summed E-state index contributed by atoms with van der Waals surface area (Å²) < 4.78 is 12.9. The number of ketones is 1. The predicted octanol–water partition coefficient (Wildman–Crippen LogP) is 3.58. The summed E-state index contributed by atoms with van der Waals surface area (Å²) in [6.07, 6.45) is 4.96. The van der Waals surface area contributed by atoms with Crippen LogP contribution >= 0.6 is 15.9 Å². The third-order valence-electron chi connectivity index (χ3n) is 3.13. The third kappa shape index (κ3) is 3.57. The molecule has 116 valence electrons. The minimum Gasteiger partial charge on any atom is -0.497 e. The zero-order valence-corrected chi connectivity index (χ0v) is 14.3. The Morgan fingerprint density at radius 3 is 2.73 bits per heavy atom. The monoisotopic (exact) mass is 364 g/mol. The second kappa shape index (κ2) is 7.26. The summed E-state index contributed by atoms with van der Waals surface area (Å²) in [6, 6.07) is 5.41. The number of benzene rings is 1. The molecule has 0 fully saturated rings. The molecule has 0 unspecified atom stereocenters. The van der Waals surface area contributed by atoms with E-state index in [4.69, 9.17) is 9.47 Å². The van der Waals surface area contributed by atoms with Crippen LogP contribution in [0.25, 0.3) is 6.08 Å². The second-order valence-electron chi connectivity index (χ2n) is 4.49. The van der Waals surface area contributed by atoms with E-state index < -0.39 is 0 Å². The molecule has 2 aromatic rings. The van der Waals surface area contributed by atoms with Gasteiger partial charge in [-0.1, -0.05) is 0 Å². The highest BCUT2D eigenvalue weighted by Crippen LogP contribution is 2.25. The Morgan fingerprint density at radius 1 is 1.36 bits per heavy atom. The van der Waals surface area contributed by atoms with E-state index in [9.17, 15) is 4.79 Å². The summed E-state index contributed by atoms with van der Waals surface area (Å²) >= 11 is 3.35. The first-order valence-electron chi connectivity index (χ1n) is 6.76. The molecule has 0 aliphatic rings. The Bertz CT molecular complexity index is 707. The lowest BCUT2D eigenvalue weighted by atomic mass is 10.1. The fourth-order valence-electron chi connectivity index (χ4n) is 1.94. The van der Waals surface area contributed by atoms with Gasteiger partial charge in [0.2, 0.25) is 5.78 Å². The first-order chi connectivity index (χ1) is 10.6. The molecule has 2 rings (SSSR count). The zero-order valence-electron chi connectivity index (χ0n) is 12.7. The minimum atomic E-state index is -0.177. The number of allylic oxidation sites excluding steroid dienone is 1. The quantitative estimate of drug-likeness (QED) is 0.580. The maximum Gasteiger partial charge on any atom is 0.207 e. The Balaban J connectivity index is 2.27. The smallest absolute Gasteiger partial charge is 0.207 e. The van der Waals surface area contributed by atoms with Crippen molar-refractivity contribution in [3.05, 3.63) is 46.2 Å². The molecule has 0 radical (unpaired) electrons. The van der Waals surface area contributed by atoms with Crippen LogP contribution in [-0.2, 0) is 6.54 Å². The van der Waals surface area contributed by atoms with Gasteiger partial charge in [0.15, 0.2) is 0 Å². The van der Waals surface area contributed by atoms with Crippen molar-refractivity contribution >= 4 is 27.8 Å². The average Bonchev–Trinajstić information content (AvgIpc) is 2.93. The normalized spacial score (nSPS) is 10.9. The molecule has 0 aliphatic carbocycles. The fourth-order valence-corrected chi connectivity index (χ4v) is 2.45. The van der Waals surface area contributed by atoms with Gasteiger partial charge in [0.1, 0.15) is 17.2 Å². The van der Waals surface area contributed by atoms with Gasteiger partial charge in [-0.25, -0.2) is 0 Å². The highest BCUT2D eigenvalue weighted by Gasteiger charge is 2.12. The van der Waals surface area contributed by atoms with Crippen molar-refractivity contribution in [1.29, 1.82) is 0 Å². The number of aromatic nitrogens is 2. The van der Waals surface area contributed by atoms with Crippen molar-refractivity contribution in [2.45, 2.75) is 13.5 Å². The molecule has 5 nitrogen and oxygen atoms in total. The first-order valence-corrected chi connectivity index (χ1v) is 7.55. The molecule has 0 aliphatic heterocycles. The Kier molecular flexibility index (Phi) is 5.38. The number of rotatable bonds is 6. The van der Waals surface area contributed by atoms with Crippen molar-refractivity contribution in [3.8, 4) is 11.5 Å². The molecule has 6 heteroatoms. The lowest BCUT2D eigenvalue weighted by Gasteiger charge is -2.06. The van der Waals surface area contributed by atoms with Crippen LogP contribution in [0, 0.1) is 0 Å². The van der Waals surface area contributed by atoms with Crippen molar-refractivity contribution in [2.75, 3.05) is 14.2 Å². The number of methoxy groups -OCH3 is 2. The molecule has 22 heavy (non-hydrogen) atoms. The van der Waals surface area contributed by atoms with E-state index in [2.05, 4.69) is 21.0 Å². The summed E-state index contributed by atoms with van der Waals surface area (Å²) in [7, 11) is 3.18. The van der Waals surface area contributed by atoms with Crippen molar-refractivity contribution in [2.24, 2.45) is 0 Å². The van der Waals surface area contributed by atoms with E-state index in [1.54, 1.807) is 43.3 Å². The molecular formula is C16H17BrN2O3. The van der Waals surface area contributed by atoms with Crippen LogP contribution in [0.4, 0.5) is 0 Å². The van der Waals surface area contributed by atoms with Crippen LogP contribution in [0.2, 0.25) is 0 Å². The molecule has 0 saturated carbocycles. The van der Waals surface area contributed by atoms with E-state index in [1.165, 1.54) is 6.08 Å². The summed E-state index contributed by atoms with van der Waals surface area (Å²) in [4.78, 5) is 12.3. The number of aryl methyl sites for hydroxylation is 1. The van der Waals surface area contributed by atoms with Gasteiger partial charge in [0.25, 0.3) is 0 Å². The number of halogens is 1. The largest absolute Gasteiger partial charge is 0.497 e. The summed E-state index contributed by atoms with van der Waals surface area (Å²) in [5, 5.41) is 4.23. The number of carbonyl (C=O) groups excluding carboxylic acids is 1. The lowest BCUT2D eigenvalue weighted by molar-refractivity contribution is 0.104. The zero-order chi connectivity index (χ0) is 16.1. The number of ether oxygens (including phenoxy) is 2. The molecule has 0 bridgehead atoms. The van der Waals surface area contributed by atoms with E-state index in [1.807, 2.05) is 13.0 Å². The number of hydrogen-bond acceptors (Lipinski definition) is 4. The maximum atomic E-state index is 12.3. The van der Waals surface area contributed by atoms with E-state index in [0.29, 0.717) is 28.2 Å². The predicted molar refractivity (Wildman–Crippen MR) is 88.5 cm³/mol. The first kappa shape index (κ1) is 16.3. The molecule has 1 heterocycles. The average molecular weight is 365 g/mol. The summed E-state index contributed by atoms with van der Waals surface area (Å²) in [5.74, 6) is 1.19. The molecule has 1 aromatic heterocycles. The van der Waals surface area contributed by atoms with Crippen LogP contribution in [0.3, 0.4) is 0 Å². The van der Waals surface area contributed by atoms with Gasteiger partial charge in [0, 0.05) is 18.3 Å². The van der Waals surface area contributed by atoms with E-state index >= 15 is 0 Å². The second-order valence-corrected chi connectivity index (χ2v) is 5.34. The van der Waals surface area contributed by atoms with E-state index in [0.717, 1.165) is 5.56 Å². The van der Waals surface area contributed by atoms with Crippen LogP contribution in [-0.4, -0.2) is 29.8 Å². The van der Waals surface area contributed by atoms with Gasteiger partial charge in [-0.15, -0.1) is 0 Å². The molecule has 0 saturated heterocycles. The highest BCUT2D eigenvalue weighted by molar-refractivity contribution is 9.10. The van der Waals surface area contributed by atoms with Crippen LogP contribution < -0.4 is 9.47 Å². The maximum absolute atomic E-state index is 12.3. The third-order valence-corrected chi connectivity index (χ3v) is 3.71. The van der Waals surface area contributed by atoms with Gasteiger partial charge in [0.05, 0.1) is 18.7 Å².